The van der Waals surface area contributed by atoms with Gasteiger partial charge in [0.2, 0.25) is 0 Å². The molecule has 0 radical (unpaired) electrons. The molecule has 0 aliphatic rings. The molecule has 0 saturated carbocycles. The number of benzene rings is 1. The summed E-state index contributed by atoms with van der Waals surface area (Å²) in [7, 11) is 0. The fraction of sp³-hybridized carbons (Fsp3) is 0.0667. The van der Waals surface area contributed by atoms with Gasteiger partial charge in [-0.3, -0.25) is 0 Å². The van der Waals surface area contributed by atoms with Gasteiger partial charge >= 0.3 is 0 Å². The molecule has 1 aromatic carbocycles. The molecule has 2 aromatic heterocycles. The van der Waals surface area contributed by atoms with Crippen LogP contribution in [0.2, 0.25) is 5.02 Å². The minimum absolute atomic E-state index is 0.652. The number of para-hydroxylation sites is 1. The number of anilines is 2. The topological polar surface area (TPSA) is 37.8 Å². The molecule has 0 spiro atoms. The summed E-state index contributed by atoms with van der Waals surface area (Å²) < 4.78 is 0. The maximum absolute atomic E-state index is 6.16. The molecule has 94 valence electrons. The first kappa shape index (κ1) is 11.9. The molecule has 4 heteroatoms. The summed E-state index contributed by atoms with van der Waals surface area (Å²) in [5.74, 6) is 1.55. The SMILES string of the molecule is Cc1cccnc1Nc1ccc2cccc(Cl)c2n1. The van der Waals surface area contributed by atoms with Crippen molar-refractivity contribution < 1.29 is 0 Å². The van der Waals surface area contributed by atoms with E-state index in [2.05, 4.69) is 15.3 Å². The van der Waals surface area contributed by atoms with Gasteiger partial charge in [0.15, 0.2) is 0 Å². The van der Waals surface area contributed by atoms with E-state index in [0.717, 1.165) is 28.1 Å². The van der Waals surface area contributed by atoms with Gasteiger partial charge in [-0.1, -0.05) is 29.8 Å². The Balaban J connectivity index is 2.02. The molecule has 19 heavy (non-hydrogen) atoms. The van der Waals surface area contributed by atoms with Crippen LogP contribution in [0.1, 0.15) is 5.56 Å². The molecule has 0 bridgehead atoms. The van der Waals surface area contributed by atoms with Gasteiger partial charge in [-0.25, -0.2) is 9.97 Å². The van der Waals surface area contributed by atoms with E-state index in [1.165, 1.54) is 0 Å². The third-order valence-electron chi connectivity index (χ3n) is 2.93. The van der Waals surface area contributed by atoms with Crippen molar-refractivity contribution in [2.75, 3.05) is 5.32 Å². The molecule has 0 unspecified atom stereocenters. The van der Waals surface area contributed by atoms with E-state index in [1.807, 2.05) is 49.4 Å². The fourth-order valence-corrected chi connectivity index (χ4v) is 2.14. The van der Waals surface area contributed by atoms with E-state index in [-0.39, 0.29) is 0 Å². The van der Waals surface area contributed by atoms with Crippen LogP contribution in [0.15, 0.2) is 48.7 Å². The van der Waals surface area contributed by atoms with Crippen molar-refractivity contribution >= 4 is 34.1 Å². The minimum atomic E-state index is 0.652. The number of pyridine rings is 2. The van der Waals surface area contributed by atoms with Crippen molar-refractivity contribution in [3.8, 4) is 0 Å². The Labute approximate surface area is 116 Å². The first-order chi connectivity index (χ1) is 9.24. The smallest absolute Gasteiger partial charge is 0.134 e. The van der Waals surface area contributed by atoms with Crippen molar-refractivity contribution in [2.45, 2.75) is 6.92 Å². The predicted octanol–water partition coefficient (Wildman–Crippen LogP) is 4.34. The Kier molecular flexibility index (Phi) is 3.05. The number of aromatic nitrogens is 2. The highest BCUT2D eigenvalue weighted by molar-refractivity contribution is 6.35. The molecule has 2 heterocycles. The molecule has 3 rings (SSSR count). The highest BCUT2D eigenvalue weighted by atomic mass is 35.5. The quantitative estimate of drug-likeness (QED) is 0.752. The Morgan fingerprint density at radius 1 is 1.05 bits per heavy atom. The summed E-state index contributed by atoms with van der Waals surface area (Å²) in [6.07, 6.45) is 1.75. The number of hydrogen-bond donors (Lipinski definition) is 1. The van der Waals surface area contributed by atoms with Gasteiger partial charge < -0.3 is 5.32 Å². The molecular weight excluding hydrogens is 258 g/mol. The van der Waals surface area contributed by atoms with Crippen molar-refractivity contribution in [3.63, 3.8) is 0 Å². The lowest BCUT2D eigenvalue weighted by Crippen LogP contribution is -1.98. The minimum Gasteiger partial charge on any atom is -0.325 e. The first-order valence-corrected chi connectivity index (χ1v) is 6.36. The van der Waals surface area contributed by atoms with Gasteiger partial charge in [0.1, 0.15) is 11.6 Å². The largest absolute Gasteiger partial charge is 0.325 e. The number of rotatable bonds is 2. The molecule has 0 aliphatic carbocycles. The molecule has 3 nitrogen and oxygen atoms in total. The zero-order valence-electron chi connectivity index (χ0n) is 10.4. The van der Waals surface area contributed by atoms with Gasteiger partial charge in [0.05, 0.1) is 10.5 Å². The lowest BCUT2D eigenvalue weighted by atomic mass is 10.2. The highest BCUT2D eigenvalue weighted by Crippen LogP contribution is 2.24. The zero-order valence-corrected chi connectivity index (χ0v) is 11.1. The van der Waals surface area contributed by atoms with E-state index in [1.54, 1.807) is 6.20 Å². The van der Waals surface area contributed by atoms with Crippen molar-refractivity contribution in [2.24, 2.45) is 0 Å². The van der Waals surface area contributed by atoms with Crippen LogP contribution < -0.4 is 5.32 Å². The summed E-state index contributed by atoms with van der Waals surface area (Å²) >= 11 is 6.16. The van der Waals surface area contributed by atoms with E-state index in [9.17, 15) is 0 Å². The highest BCUT2D eigenvalue weighted by Gasteiger charge is 2.04. The predicted molar refractivity (Wildman–Crippen MR) is 79.0 cm³/mol. The summed E-state index contributed by atoms with van der Waals surface area (Å²) in [6, 6.07) is 13.6. The number of nitrogens with zero attached hydrogens (tertiary/aromatic N) is 2. The third-order valence-corrected chi connectivity index (χ3v) is 3.23. The van der Waals surface area contributed by atoms with E-state index in [4.69, 9.17) is 11.6 Å². The van der Waals surface area contributed by atoms with Crippen LogP contribution in [-0.2, 0) is 0 Å². The maximum Gasteiger partial charge on any atom is 0.134 e. The average molecular weight is 270 g/mol. The Morgan fingerprint density at radius 2 is 1.95 bits per heavy atom. The van der Waals surface area contributed by atoms with Crippen LogP contribution in [0.5, 0.6) is 0 Å². The second kappa shape index (κ2) is 4.86. The molecule has 0 atom stereocenters. The Hall–Kier alpha value is -2.13. The molecule has 3 aromatic rings. The third kappa shape index (κ3) is 2.37. The normalized spacial score (nSPS) is 10.6. The zero-order chi connectivity index (χ0) is 13.2. The van der Waals surface area contributed by atoms with Gasteiger partial charge in [-0.15, -0.1) is 0 Å². The van der Waals surface area contributed by atoms with Gasteiger partial charge in [0, 0.05) is 11.6 Å². The molecule has 0 saturated heterocycles. The van der Waals surface area contributed by atoms with Crippen molar-refractivity contribution in [1.29, 1.82) is 0 Å². The van der Waals surface area contributed by atoms with Crippen LogP contribution in [0.4, 0.5) is 11.6 Å². The lowest BCUT2D eigenvalue weighted by molar-refractivity contribution is 1.23. The van der Waals surface area contributed by atoms with Gasteiger partial charge in [-0.05, 0) is 36.8 Å². The number of fused-ring (bicyclic) bond motifs is 1. The molecular formula is C15H12ClN3. The van der Waals surface area contributed by atoms with Gasteiger partial charge in [0.25, 0.3) is 0 Å². The lowest BCUT2D eigenvalue weighted by Gasteiger charge is -2.08. The van der Waals surface area contributed by atoms with Gasteiger partial charge in [-0.2, -0.15) is 0 Å². The number of nitrogens with one attached hydrogen (secondary N) is 1. The molecule has 0 amide bonds. The molecule has 1 N–H and O–H groups in total. The first-order valence-electron chi connectivity index (χ1n) is 5.98. The van der Waals surface area contributed by atoms with Crippen LogP contribution in [0.3, 0.4) is 0 Å². The average Bonchev–Trinajstić information content (AvgIpc) is 2.42. The Bertz CT molecular complexity index is 740. The summed E-state index contributed by atoms with van der Waals surface area (Å²) in [6.45, 7) is 2.00. The Morgan fingerprint density at radius 3 is 2.79 bits per heavy atom. The van der Waals surface area contributed by atoms with Crippen molar-refractivity contribution in [3.05, 3.63) is 59.2 Å². The second-order valence-electron chi connectivity index (χ2n) is 4.30. The summed E-state index contributed by atoms with van der Waals surface area (Å²) in [5.41, 5.74) is 1.87. The summed E-state index contributed by atoms with van der Waals surface area (Å²) in [4.78, 5) is 8.82. The van der Waals surface area contributed by atoms with E-state index < -0.39 is 0 Å². The van der Waals surface area contributed by atoms with E-state index in [0.29, 0.717) is 5.02 Å². The fourth-order valence-electron chi connectivity index (χ4n) is 1.92. The number of halogens is 1. The van der Waals surface area contributed by atoms with E-state index >= 15 is 0 Å². The molecule has 0 fully saturated rings. The number of aryl methyl sites for hydroxylation is 1. The molecule has 0 aliphatic heterocycles. The number of hydrogen-bond acceptors (Lipinski definition) is 3. The standard InChI is InChI=1S/C15H12ClN3/c1-10-4-3-9-17-15(10)19-13-8-7-11-5-2-6-12(16)14(11)18-13/h2-9H,1H3,(H,17,18,19). The monoisotopic (exact) mass is 269 g/mol. The maximum atomic E-state index is 6.16. The van der Waals surface area contributed by atoms with Crippen LogP contribution in [0, 0.1) is 6.92 Å². The van der Waals surface area contributed by atoms with Crippen LogP contribution in [-0.4, -0.2) is 9.97 Å². The summed E-state index contributed by atoms with van der Waals surface area (Å²) in [5, 5.41) is 4.89. The second-order valence-corrected chi connectivity index (χ2v) is 4.71. The van der Waals surface area contributed by atoms with Crippen LogP contribution >= 0.6 is 11.6 Å². The van der Waals surface area contributed by atoms with Crippen LogP contribution in [0.25, 0.3) is 10.9 Å². The van der Waals surface area contributed by atoms with Crippen molar-refractivity contribution in [1.82, 2.24) is 9.97 Å².